The number of aliphatic imine (C=N–C) groups is 1. The van der Waals surface area contributed by atoms with Crippen molar-refractivity contribution in [2.45, 2.75) is 19.8 Å². The molecule has 0 aromatic carbocycles. The fourth-order valence-corrected chi connectivity index (χ4v) is 3.75. The zero-order valence-corrected chi connectivity index (χ0v) is 18.6. The second-order valence-electron chi connectivity index (χ2n) is 7.30. The molecule has 0 aliphatic carbocycles. The van der Waals surface area contributed by atoms with Crippen LogP contribution in [0.1, 0.15) is 35.9 Å². The van der Waals surface area contributed by atoms with E-state index in [1.54, 1.807) is 30.3 Å². The van der Waals surface area contributed by atoms with Gasteiger partial charge in [0.1, 0.15) is 10.8 Å². The van der Waals surface area contributed by atoms with E-state index in [1.807, 2.05) is 31.4 Å². The molecule has 4 heterocycles. The zero-order chi connectivity index (χ0) is 22.0. The summed E-state index contributed by atoms with van der Waals surface area (Å²) in [5.74, 6) is 1.01. The average Bonchev–Trinajstić information content (AvgIpc) is 3.40. The first-order chi connectivity index (χ1) is 14.9. The molecule has 4 aromatic heterocycles. The molecule has 0 aliphatic rings. The lowest BCUT2D eigenvalue weighted by Crippen LogP contribution is -2.03. The van der Waals surface area contributed by atoms with Crippen molar-refractivity contribution in [3.8, 4) is 0 Å². The molecule has 0 saturated heterocycles. The van der Waals surface area contributed by atoms with Crippen molar-refractivity contribution < 1.29 is 0 Å². The standard InChI is InChI=1S/C21H23N9S/c1-12(2)20-28-29-21(31-20)27-18-6-5-16-17(26-18)7-13(8-24-16)15(10-23-3)19(22)14-9-25-30(4)11-14/h5-12H,22H2,1-4H3,(H,26,27,29). The molecule has 4 rings (SSSR count). The Morgan fingerprint density at radius 3 is 2.71 bits per heavy atom. The minimum absolute atomic E-state index is 0.333. The largest absolute Gasteiger partial charge is 0.398 e. The minimum atomic E-state index is 0.333. The third-order valence-corrected chi connectivity index (χ3v) is 5.72. The van der Waals surface area contributed by atoms with Crippen molar-refractivity contribution in [3.63, 3.8) is 0 Å². The Bertz CT molecular complexity index is 1280. The van der Waals surface area contributed by atoms with Crippen LogP contribution in [0.3, 0.4) is 0 Å². The number of nitrogens with zero attached hydrogens (tertiary/aromatic N) is 7. The first kappa shape index (κ1) is 20.6. The van der Waals surface area contributed by atoms with E-state index in [9.17, 15) is 0 Å². The summed E-state index contributed by atoms with van der Waals surface area (Å²) in [7, 11) is 3.56. The third kappa shape index (κ3) is 4.43. The van der Waals surface area contributed by atoms with Crippen molar-refractivity contribution >= 4 is 50.8 Å². The van der Waals surface area contributed by atoms with E-state index >= 15 is 0 Å². The molecule has 3 N–H and O–H groups in total. The summed E-state index contributed by atoms with van der Waals surface area (Å²) in [5, 5.41) is 17.5. The lowest BCUT2D eigenvalue weighted by molar-refractivity contribution is 0.767. The maximum absolute atomic E-state index is 6.43. The smallest absolute Gasteiger partial charge is 0.211 e. The number of pyridine rings is 2. The molecule has 9 nitrogen and oxygen atoms in total. The summed E-state index contributed by atoms with van der Waals surface area (Å²) < 4.78 is 1.71. The van der Waals surface area contributed by atoms with Crippen LogP contribution >= 0.6 is 11.3 Å². The van der Waals surface area contributed by atoms with Gasteiger partial charge in [-0.25, -0.2) is 4.98 Å². The number of nitrogens with two attached hydrogens (primary N) is 1. The molecule has 0 saturated carbocycles. The van der Waals surface area contributed by atoms with Crippen LogP contribution in [0.2, 0.25) is 0 Å². The number of anilines is 2. The van der Waals surface area contributed by atoms with Crippen molar-refractivity contribution in [2.75, 3.05) is 12.4 Å². The SMILES string of the molecule is CN=CC(=C(N)c1cnn(C)c1)c1cnc2ccc(Nc3nnc(C(C)C)s3)nc2c1. The molecule has 10 heteroatoms. The predicted molar refractivity (Wildman–Crippen MR) is 125 cm³/mol. The predicted octanol–water partition coefficient (Wildman–Crippen LogP) is 3.61. The summed E-state index contributed by atoms with van der Waals surface area (Å²) in [4.78, 5) is 13.4. The molecule has 0 amide bonds. The van der Waals surface area contributed by atoms with Crippen molar-refractivity contribution in [3.05, 3.63) is 52.9 Å². The molecule has 0 radical (unpaired) electrons. The lowest BCUT2D eigenvalue weighted by atomic mass is 10.0. The molecule has 0 aliphatic heterocycles. The summed E-state index contributed by atoms with van der Waals surface area (Å²) in [5.41, 5.74) is 10.9. The molecule has 0 bridgehead atoms. The Morgan fingerprint density at radius 1 is 1.19 bits per heavy atom. The Morgan fingerprint density at radius 2 is 2.03 bits per heavy atom. The first-order valence-electron chi connectivity index (χ1n) is 9.73. The highest BCUT2D eigenvalue weighted by molar-refractivity contribution is 7.15. The van der Waals surface area contributed by atoms with Gasteiger partial charge in [-0.05, 0) is 18.2 Å². The van der Waals surface area contributed by atoms with Crippen LogP contribution in [-0.4, -0.2) is 43.2 Å². The minimum Gasteiger partial charge on any atom is -0.398 e. The van der Waals surface area contributed by atoms with Gasteiger partial charge in [0.2, 0.25) is 5.13 Å². The normalized spacial score (nSPS) is 12.7. The first-order valence-corrected chi connectivity index (χ1v) is 10.5. The highest BCUT2D eigenvalue weighted by atomic mass is 32.1. The topological polar surface area (TPSA) is 120 Å². The maximum atomic E-state index is 6.43. The molecule has 0 atom stereocenters. The molecule has 0 unspecified atom stereocenters. The highest BCUT2D eigenvalue weighted by Gasteiger charge is 2.12. The van der Waals surface area contributed by atoms with E-state index in [-0.39, 0.29) is 0 Å². The number of aromatic nitrogens is 6. The molecule has 158 valence electrons. The second-order valence-corrected chi connectivity index (χ2v) is 8.31. The van der Waals surface area contributed by atoms with Gasteiger partial charge in [-0.3, -0.25) is 14.7 Å². The van der Waals surface area contributed by atoms with Gasteiger partial charge in [0.25, 0.3) is 0 Å². The maximum Gasteiger partial charge on any atom is 0.211 e. The van der Waals surface area contributed by atoms with Crippen LogP contribution in [0.25, 0.3) is 22.3 Å². The van der Waals surface area contributed by atoms with Gasteiger partial charge in [0.15, 0.2) is 0 Å². The van der Waals surface area contributed by atoms with E-state index in [4.69, 9.17) is 10.7 Å². The van der Waals surface area contributed by atoms with E-state index in [0.29, 0.717) is 22.6 Å². The number of hydrogen-bond acceptors (Lipinski definition) is 9. The van der Waals surface area contributed by atoms with Gasteiger partial charge in [0, 0.05) is 55.3 Å². The molecular weight excluding hydrogens is 410 g/mol. The highest BCUT2D eigenvalue weighted by Crippen LogP contribution is 2.27. The number of hydrogen-bond donors (Lipinski definition) is 2. The molecule has 0 fully saturated rings. The number of aryl methyl sites for hydroxylation is 1. The lowest BCUT2D eigenvalue weighted by Gasteiger charge is -2.09. The monoisotopic (exact) mass is 433 g/mol. The van der Waals surface area contributed by atoms with Gasteiger partial charge in [0.05, 0.1) is 22.9 Å². The Labute approximate surface area is 183 Å². The van der Waals surface area contributed by atoms with Crippen molar-refractivity contribution in [2.24, 2.45) is 17.8 Å². The van der Waals surface area contributed by atoms with Crippen LogP contribution in [-0.2, 0) is 7.05 Å². The molecule has 0 spiro atoms. The van der Waals surface area contributed by atoms with E-state index in [2.05, 4.69) is 44.4 Å². The quantitative estimate of drug-likeness (QED) is 0.446. The van der Waals surface area contributed by atoms with E-state index in [1.165, 1.54) is 11.3 Å². The van der Waals surface area contributed by atoms with Crippen LogP contribution < -0.4 is 11.1 Å². The molecule has 4 aromatic rings. The number of rotatable bonds is 6. The van der Waals surface area contributed by atoms with Gasteiger partial charge < -0.3 is 11.1 Å². The summed E-state index contributed by atoms with van der Waals surface area (Å²) in [6.07, 6.45) is 7.08. The van der Waals surface area contributed by atoms with E-state index in [0.717, 1.165) is 32.7 Å². The van der Waals surface area contributed by atoms with Gasteiger partial charge in [-0.2, -0.15) is 5.10 Å². The van der Waals surface area contributed by atoms with Crippen molar-refractivity contribution in [1.29, 1.82) is 0 Å². The van der Waals surface area contributed by atoms with E-state index < -0.39 is 0 Å². The van der Waals surface area contributed by atoms with Crippen LogP contribution in [0.4, 0.5) is 10.9 Å². The number of allylic oxidation sites excluding steroid dienone is 1. The fraction of sp³-hybridized carbons (Fsp3) is 0.238. The fourth-order valence-electron chi connectivity index (χ4n) is 3.00. The van der Waals surface area contributed by atoms with Crippen molar-refractivity contribution in [1.82, 2.24) is 29.9 Å². The van der Waals surface area contributed by atoms with Gasteiger partial charge in [-0.15, -0.1) is 10.2 Å². The Hall–Kier alpha value is -3.66. The average molecular weight is 434 g/mol. The van der Waals surface area contributed by atoms with Gasteiger partial charge >= 0.3 is 0 Å². The van der Waals surface area contributed by atoms with Crippen LogP contribution in [0, 0.1) is 0 Å². The summed E-state index contributed by atoms with van der Waals surface area (Å²) >= 11 is 1.52. The number of fused-ring (bicyclic) bond motifs is 1. The Kier molecular flexibility index (Phi) is 5.72. The van der Waals surface area contributed by atoms with Crippen LogP contribution in [0.5, 0.6) is 0 Å². The zero-order valence-electron chi connectivity index (χ0n) is 17.7. The third-order valence-electron chi connectivity index (χ3n) is 4.58. The molecule has 31 heavy (non-hydrogen) atoms. The Balaban J connectivity index is 1.71. The second kappa shape index (κ2) is 8.60. The number of nitrogens with one attached hydrogen (secondary N) is 1. The molecular formula is C21H23N9S. The summed E-state index contributed by atoms with van der Waals surface area (Å²) in [6, 6.07) is 5.74. The summed E-state index contributed by atoms with van der Waals surface area (Å²) in [6.45, 7) is 4.18. The van der Waals surface area contributed by atoms with Gasteiger partial charge in [-0.1, -0.05) is 25.2 Å². The van der Waals surface area contributed by atoms with Crippen LogP contribution in [0.15, 0.2) is 41.8 Å².